The minimum absolute atomic E-state index is 0.736. The number of halogens is 1. The van der Waals surface area contributed by atoms with Crippen LogP contribution in [-0.2, 0) is 6.54 Å². The Morgan fingerprint density at radius 1 is 1.19 bits per heavy atom. The highest BCUT2D eigenvalue weighted by atomic mass is 35.5. The van der Waals surface area contributed by atoms with E-state index in [9.17, 15) is 0 Å². The molecule has 0 aromatic heterocycles. The third-order valence-electron chi connectivity index (χ3n) is 3.39. The van der Waals surface area contributed by atoms with E-state index in [2.05, 4.69) is 35.2 Å². The molecule has 0 aliphatic heterocycles. The Kier molecular flexibility index (Phi) is 4.68. The summed E-state index contributed by atoms with van der Waals surface area (Å²) in [6.07, 6.45) is 4.24. The SMILES string of the molecule is ClCCN(Cc1ccccc1)CC1CCC1. The molecule has 0 bridgehead atoms. The fourth-order valence-corrected chi connectivity index (χ4v) is 2.48. The maximum absolute atomic E-state index is 5.87. The average molecular weight is 238 g/mol. The maximum Gasteiger partial charge on any atom is 0.0351 e. The lowest BCUT2D eigenvalue weighted by atomic mass is 9.85. The molecule has 2 heteroatoms. The van der Waals surface area contributed by atoms with E-state index >= 15 is 0 Å². The molecule has 0 spiro atoms. The summed E-state index contributed by atoms with van der Waals surface area (Å²) in [7, 11) is 0. The van der Waals surface area contributed by atoms with E-state index in [-0.39, 0.29) is 0 Å². The molecule has 1 aromatic carbocycles. The van der Waals surface area contributed by atoms with Crippen LogP contribution in [-0.4, -0.2) is 23.9 Å². The van der Waals surface area contributed by atoms with Gasteiger partial charge in [-0.2, -0.15) is 0 Å². The molecule has 0 radical (unpaired) electrons. The summed E-state index contributed by atoms with van der Waals surface area (Å²) in [6.45, 7) is 3.28. The van der Waals surface area contributed by atoms with E-state index in [1.54, 1.807) is 0 Å². The monoisotopic (exact) mass is 237 g/mol. The van der Waals surface area contributed by atoms with Gasteiger partial charge >= 0.3 is 0 Å². The average Bonchev–Trinajstić information content (AvgIpc) is 2.25. The summed E-state index contributed by atoms with van der Waals surface area (Å²) in [5.74, 6) is 1.66. The lowest BCUT2D eigenvalue weighted by Gasteiger charge is -2.32. The first-order chi connectivity index (χ1) is 7.88. The Labute approximate surface area is 103 Å². The van der Waals surface area contributed by atoms with Crippen molar-refractivity contribution in [2.24, 2.45) is 5.92 Å². The highest BCUT2D eigenvalue weighted by Gasteiger charge is 2.20. The maximum atomic E-state index is 5.87. The summed E-state index contributed by atoms with van der Waals surface area (Å²) >= 11 is 5.87. The second-order valence-corrected chi connectivity index (χ2v) is 5.08. The first kappa shape index (κ1) is 11.9. The van der Waals surface area contributed by atoms with Crippen molar-refractivity contribution in [2.45, 2.75) is 25.8 Å². The quantitative estimate of drug-likeness (QED) is 0.685. The topological polar surface area (TPSA) is 3.24 Å². The Morgan fingerprint density at radius 3 is 2.50 bits per heavy atom. The zero-order valence-corrected chi connectivity index (χ0v) is 10.5. The third-order valence-corrected chi connectivity index (χ3v) is 3.56. The lowest BCUT2D eigenvalue weighted by molar-refractivity contribution is 0.179. The van der Waals surface area contributed by atoms with Gasteiger partial charge in [0.2, 0.25) is 0 Å². The smallest absolute Gasteiger partial charge is 0.0351 e. The van der Waals surface area contributed by atoms with Crippen molar-refractivity contribution in [1.29, 1.82) is 0 Å². The van der Waals surface area contributed by atoms with Gasteiger partial charge < -0.3 is 0 Å². The predicted octanol–water partition coefficient (Wildman–Crippen LogP) is 3.53. The molecular weight excluding hydrogens is 218 g/mol. The van der Waals surface area contributed by atoms with Gasteiger partial charge in [0, 0.05) is 25.5 Å². The first-order valence-corrected chi connectivity index (χ1v) is 6.74. The number of hydrogen-bond acceptors (Lipinski definition) is 1. The molecule has 0 saturated heterocycles. The zero-order valence-electron chi connectivity index (χ0n) is 9.74. The minimum atomic E-state index is 0.736. The molecule has 0 unspecified atom stereocenters. The fourth-order valence-electron chi connectivity index (χ4n) is 2.24. The highest BCUT2D eigenvalue weighted by molar-refractivity contribution is 6.18. The van der Waals surface area contributed by atoms with Crippen LogP contribution >= 0.6 is 11.6 Å². The molecule has 88 valence electrons. The van der Waals surface area contributed by atoms with Crippen LogP contribution in [0.4, 0.5) is 0 Å². The van der Waals surface area contributed by atoms with Gasteiger partial charge in [-0.25, -0.2) is 0 Å². The third kappa shape index (κ3) is 3.50. The first-order valence-electron chi connectivity index (χ1n) is 6.20. The largest absolute Gasteiger partial charge is 0.298 e. The summed E-state index contributed by atoms with van der Waals surface area (Å²) in [5.41, 5.74) is 1.40. The van der Waals surface area contributed by atoms with Crippen LogP contribution in [0.1, 0.15) is 24.8 Å². The molecule has 2 rings (SSSR count). The van der Waals surface area contributed by atoms with E-state index in [1.807, 2.05) is 0 Å². The summed E-state index contributed by atoms with van der Waals surface area (Å²) < 4.78 is 0. The Morgan fingerprint density at radius 2 is 1.94 bits per heavy atom. The van der Waals surface area contributed by atoms with Crippen molar-refractivity contribution in [2.75, 3.05) is 19.0 Å². The fraction of sp³-hybridized carbons (Fsp3) is 0.571. The van der Waals surface area contributed by atoms with E-state index in [0.717, 1.165) is 24.9 Å². The van der Waals surface area contributed by atoms with Crippen molar-refractivity contribution in [3.05, 3.63) is 35.9 Å². The van der Waals surface area contributed by atoms with Crippen molar-refractivity contribution < 1.29 is 0 Å². The number of hydrogen-bond donors (Lipinski definition) is 0. The number of alkyl halides is 1. The van der Waals surface area contributed by atoms with Gasteiger partial charge in [-0.05, 0) is 24.3 Å². The molecule has 1 aromatic rings. The molecule has 1 saturated carbocycles. The molecule has 1 aliphatic rings. The van der Waals surface area contributed by atoms with Crippen molar-refractivity contribution in [1.82, 2.24) is 4.90 Å². The molecule has 16 heavy (non-hydrogen) atoms. The molecule has 1 fully saturated rings. The van der Waals surface area contributed by atoms with Gasteiger partial charge in [0.1, 0.15) is 0 Å². The summed E-state index contributed by atoms with van der Waals surface area (Å²) in [4.78, 5) is 2.49. The normalized spacial score (nSPS) is 16.4. The number of benzene rings is 1. The van der Waals surface area contributed by atoms with Crippen LogP contribution in [0.5, 0.6) is 0 Å². The van der Waals surface area contributed by atoms with E-state index in [0.29, 0.717) is 0 Å². The van der Waals surface area contributed by atoms with Gasteiger partial charge in [-0.1, -0.05) is 36.8 Å². The number of rotatable bonds is 6. The van der Waals surface area contributed by atoms with Crippen LogP contribution in [0.2, 0.25) is 0 Å². The molecule has 1 nitrogen and oxygen atoms in total. The Balaban J connectivity index is 1.86. The van der Waals surface area contributed by atoms with E-state index < -0.39 is 0 Å². The minimum Gasteiger partial charge on any atom is -0.298 e. The predicted molar refractivity (Wildman–Crippen MR) is 69.8 cm³/mol. The molecular formula is C14H20ClN. The summed E-state index contributed by atoms with van der Waals surface area (Å²) in [6, 6.07) is 10.7. The van der Waals surface area contributed by atoms with Crippen LogP contribution < -0.4 is 0 Å². The van der Waals surface area contributed by atoms with Crippen molar-refractivity contribution in [3.63, 3.8) is 0 Å². The van der Waals surface area contributed by atoms with Gasteiger partial charge in [-0.3, -0.25) is 4.90 Å². The number of nitrogens with zero attached hydrogens (tertiary/aromatic N) is 1. The molecule has 0 atom stereocenters. The Bertz CT molecular complexity index is 295. The van der Waals surface area contributed by atoms with Crippen LogP contribution in [0, 0.1) is 5.92 Å². The zero-order chi connectivity index (χ0) is 11.2. The van der Waals surface area contributed by atoms with Gasteiger partial charge in [-0.15, -0.1) is 11.6 Å². The highest BCUT2D eigenvalue weighted by Crippen LogP contribution is 2.27. The molecule has 0 amide bonds. The van der Waals surface area contributed by atoms with Gasteiger partial charge in [0.25, 0.3) is 0 Å². The second kappa shape index (κ2) is 6.27. The van der Waals surface area contributed by atoms with E-state index in [4.69, 9.17) is 11.6 Å². The lowest BCUT2D eigenvalue weighted by Crippen LogP contribution is -2.33. The molecule has 1 aliphatic carbocycles. The molecule has 0 heterocycles. The summed E-state index contributed by atoms with van der Waals surface area (Å²) in [5, 5.41) is 0. The molecule has 0 N–H and O–H groups in total. The van der Waals surface area contributed by atoms with Gasteiger partial charge in [0.05, 0.1) is 0 Å². The second-order valence-electron chi connectivity index (χ2n) is 4.71. The van der Waals surface area contributed by atoms with Crippen LogP contribution in [0.25, 0.3) is 0 Å². The van der Waals surface area contributed by atoms with Crippen molar-refractivity contribution in [3.8, 4) is 0 Å². The van der Waals surface area contributed by atoms with Gasteiger partial charge in [0.15, 0.2) is 0 Å². The Hall–Kier alpha value is -0.530. The van der Waals surface area contributed by atoms with E-state index in [1.165, 1.54) is 31.4 Å². The standard InChI is InChI=1S/C14H20ClN/c15-9-10-16(12-14-7-4-8-14)11-13-5-2-1-3-6-13/h1-3,5-6,14H,4,7-12H2. The van der Waals surface area contributed by atoms with Crippen LogP contribution in [0.15, 0.2) is 30.3 Å². The van der Waals surface area contributed by atoms with Crippen LogP contribution in [0.3, 0.4) is 0 Å². The van der Waals surface area contributed by atoms with Crippen molar-refractivity contribution >= 4 is 11.6 Å².